The molecule has 0 unspecified atom stereocenters. The first kappa shape index (κ1) is 17.7. The summed E-state index contributed by atoms with van der Waals surface area (Å²) in [5.41, 5.74) is 0. The van der Waals surface area contributed by atoms with Crippen LogP contribution in [0.25, 0.3) is 0 Å². The van der Waals surface area contributed by atoms with Gasteiger partial charge in [-0.05, 0) is 18.2 Å². The molecule has 1 saturated heterocycles. The topological polar surface area (TPSA) is 53.9 Å². The Hall–Kier alpha value is -1.67. The van der Waals surface area contributed by atoms with Gasteiger partial charge >= 0.3 is 0 Å². The largest absolute Gasteiger partial charge is 0.354 e. The lowest BCUT2D eigenvalue weighted by Crippen LogP contribution is -3.15. The number of rotatable bonds is 5. The lowest BCUT2D eigenvalue weighted by atomic mass is 10.3. The summed E-state index contributed by atoms with van der Waals surface area (Å²) in [6.45, 7) is 3.08. The number of hydrogen-bond acceptors (Lipinski definition) is 3. The number of amides is 2. The number of carbonyl (C=O) groups excluding carboxylic acids is 2. The van der Waals surface area contributed by atoms with Crippen molar-refractivity contribution < 1.29 is 23.3 Å². The molecule has 1 heterocycles. The Kier molecular flexibility index (Phi) is 6.35. The van der Waals surface area contributed by atoms with Gasteiger partial charge in [0.05, 0.1) is 31.9 Å². The number of piperazine rings is 1. The van der Waals surface area contributed by atoms with E-state index in [9.17, 15) is 18.4 Å². The van der Waals surface area contributed by atoms with E-state index in [2.05, 4.69) is 5.32 Å². The van der Waals surface area contributed by atoms with Crippen molar-refractivity contribution in [2.75, 3.05) is 45.5 Å². The molecule has 1 aliphatic heterocycles. The van der Waals surface area contributed by atoms with Crippen molar-refractivity contribution in [3.05, 3.63) is 29.8 Å². The second-order valence-electron chi connectivity index (χ2n) is 5.35. The Morgan fingerprint density at radius 2 is 1.96 bits per heavy atom. The van der Waals surface area contributed by atoms with Crippen molar-refractivity contribution in [2.24, 2.45) is 0 Å². The molecule has 0 aliphatic carbocycles. The van der Waals surface area contributed by atoms with Crippen LogP contribution in [0.3, 0.4) is 0 Å². The van der Waals surface area contributed by atoms with E-state index < -0.39 is 11.6 Å². The van der Waals surface area contributed by atoms with Crippen LogP contribution in [0.1, 0.15) is 0 Å². The van der Waals surface area contributed by atoms with Gasteiger partial charge in [0, 0.05) is 11.9 Å². The highest BCUT2D eigenvalue weighted by Gasteiger charge is 2.24. The molecule has 1 aliphatic rings. The molecule has 126 valence electrons. The van der Waals surface area contributed by atoms with Crippen LogP contribution in [0, 0.1) is 11.6 Å². The number of benzene rings is 1. The van der Waals surface area contributed by atoms with E-state index in [0.717, 1.165) is 30.1 Å². The monoisotopic (exact) mass is 344 g/mol. The minimum absolute atomic E-state index is 0.00586. The first-order valence-electron chi connectivity index (χ1n) is 7.39. The molecule has 23 heavy (non-hydrogen) atoms. The summed E-state index contributed by atoms with van der Waals surface area (Å²) < 4.78 is 26.0. The summed E-state index contributed by atoms with van der Waals surface area (Å²) >= 11 is 1.19. The molecule has 1 fully saturated rings. The number of halogens is 2. The maximum Gasteiger partial charge on any atom is 0.274 e. The molecule has 0 atom stereocenters. The fourth-order valence-electron chi connectivity index (χ4n) is 2.37. The van der Waals surface area contributed by atoms with Crippen molar-refractivity contribution >= 4 is 23.6 Å². The first-order chi connectivity index (χ1) is 11.0. The molecule has 2 N–H and O–H groups in total. The number of thioether (sulfide) groups is 1. The van der Waals surface area contributed by atoms with Crippen LogP contribution >= 0.6 is 11.8 Å². The zero-order chi connectivity index (χ0) is 16.8. The predicted octanol–water partition coefficient (Wildman–Crippen LogP) is -0.470. The number of quaternary nitrogens is 1. The Bertz CT molecular complexity index is 578. The average molecular weight is 344 g/mol. The van der Waals surface area contributed by atoms with Crippen LogP contribution in [0.4, 0.5) is 8.78 Å². The first-order valence-corrected chi connectivity index (χ1v) is 8.38. The Morgan fingerprint density at radius 3 is 2.57 bits per heavy atom. The van der Waals surface area contributed by atoms with Crippen molar-refractivity contribution in [3.8, 4) is 0 Å². The van der Waals surface area contributed by atoms with Crippen LogP contribution in [0.5, 0.6) is 0 Å². The molecule has 2 rings (SSSR count). The van der Waals surface area contributed by atoms with Crippen LogP contribution in [-0.2, 0) is 9.59 Å². The highest BCUT2D eigenvalue weighted by atomic mass is 32.2. The molecular weight excluding hydrogens is 324 g/mol. The second-order valence-corrected chi connectivity index (χ2v) is 6.39. The lowest BCUT2D eigenvalue weighted by molar-refractivity contribution is -0.896. The lowest BCUT2D eigenvalue weighted by Gasteiger charge is -2.31. The molecular formula is C15H20F2N3O2S+. The summed E-state index contributed by atoms with van der Waals surface area (Å²) in [6.07, 6.45) is 0. The van der Waals surface area contributed by atoms with E-state index in [4.69, 9.17) is 0 Å². The number of nitrogens with one attached hydrogen (secondary N) is 2. The van der Waals surface area contributed by atoms with Crippen LogP contribution < -0.4 is 10.2 Å². The highest BCUT2D eigenvalue weighted by Crippen LogP contribution is 2.20. The summed E-state index contributed by atoms with van der Waals surface area (Å²) in [7, 11) is 1.61. The molecule has 1 aromatic rings. The van der Waals surface area contributed by atoms with Gasteiger partial charge in [-0.15, -0.1) is 11.8 Å². The molecule has 0 radical (unpaired) electrons. The third kappa shape index (κ3) is 5.18. The van der Waals surface area contributed by atoms with E-state index >= 15 is 0 Å². The fourth-order valence-corrected chi connectivity index (χ4v) is 3.19. The number of hydrogen-bond donors (Lipinski definition) is 2. The van der Waals surface area contributed by atoms with E-state index in [0.29, 0.717) is 24.5 Å². The van der Waals surface area contributed by atoms with Gasteiger partial charge < -0.3 is 15.1 Å². The van der Waals surface area contributed by atoms with E-state index in [1.807, 2.05) is 0 Å². The SMILES string of the molecule is CNC(=O)C[NH+]1CCN(C(=O)CSc2ccc(F)c(F)c2)CC1. The summed E-state index contributed by atoms with van der Waals surface area (Å²) in [6, 6.07) is 3.61. The normalized spacial score (nSPS) is 15.5. The zero-order valence-electron chi connectivity index (χ0n) is 12.9. The third-order valence-corrected chi connectivity index (χ3v) is 4.74. The third-order valence-electron chi connectivity index (χ3n) is 3.77. The molecule has 0 bridgehead atoms. The molecule has 2 amide bonds. The molecule has 0 saturated carbocycles. The molecule has 1 aromatic carbocycles. The Balaban J connectivity index is 1.76. The van der Waals surface area contributed by atoms with Crippen LogP contribution in [-0.4, -0.2) is 62.2 Å². The van der Waals surface area contributed by atoms with Crippen LogP contribution in [0.15, 0.2) is 23.1 Å². The Morgan fingerprint density at radius 1 is 1.26 bits per heavy atom. The van der Waals surface area contributed by atoms with Crippen LogP contribution in [0.2, 0.25) is 0 Å². The standard InChI is InChI=1S/C15H19F2N3O2S/c1-18-14(21)9-19-4-6-20(7-5-19)15(22)10-23-11-2-3-12(16)13(17)8-11/h2-3,8H,4-7,9-10H2,1H3,(H,18,21)/p+1. The molecule has 5 nitrogen and oxygen atoms in total. The van der Waals surface area contributed by atoms with Gasteiger partial charge in [-0.1, -0.05) is 0 Å². The van der Waals surface area contributed by atoms with Gasteiger partial charge in [-0.2, -0.15) is 0 Å². The quantitative estimate of drug-likeness (QED) is 0.710. The second kappa shape index (κ2) is 8.26. The summed E-state index contributed by atoms with van der Waals surface area (Å²) in [5.74, 6) is -1.65. The van der Waals surface area contributed by atoms with E-state index in [1.165, 1.54) is 17.8 Å². The number of nitrogens with zero attached hydrogens (tertiary/aromatic N) is 1. The highest BCUT2D eigenvalue weighted by molar-refractivity contribution is 8.00. The zero-order valence-corrected chi connectivity index (χ0v) is 13.7. The minimum Gasteiger partial charge on any atom is -0.354 e. The smallest absolute Gasteiger partial charge is 0.274 e. The van der Waals surface area contributed by atoms with Gasteiger partial charge in [-0.25, -0.2) is 8.78 Å². The maximum atomic E-state index is 13.1. The molecule has 0 spiro atoms. The van der Waals surface area contributed by atoms with Gasteiger partial charge in [-0.3, -0.25) is 9.59 Å². The summed E-state index contributed by atoms with van der Waals surface area (Å²) in [5, 5.41) is 2.59. The minimum atomic E-state index is -0.908. The van der Waals surface area contributed by atoms with E-state index in [1.54, 1.807) is 11.9 Å². The van der Waals surface area contributed by atoms with Crippen molar-refractivity contribution in [3.63, 3.8) is 0 Å². The van der Waals surface area contributed by atoms with E-state index in [-0.39, 0.29) is 17.6 Å². The maximum absolute atomic E-state index is 13.1. The van der Waals surface area contributed by atoms with Gasteiger partial charge in [0.2, 0.25) is 5.91 Å². The predicted molar refractivity (Wildman–Crippen MR) is 83.3 cm³/mol. The van der Waals surface area contributed by atoms with Crippen molar-refractivity contribution in [1.29, 1.82) is 0 Å². The molecule has 0 aromatic heterocycles. The van der Waals surface area contributed by atoms with Crippen molar-refractivity contribution in [2.45, 2.75) is 4.90 Å². The van der Waals surface area contributed by atoms with Gasteiger partial charge in [0.25, 0.3) is 5.91 Å². The average Bonchev–Trinajstić information content (AvgIpc) is 2.56. The molecule has 8 heteroatoms. The number of likely N-dealkylation sites (N-methyl/N-ethyl adjacent to an activating group) is 1. The summed E-state index contributed by atoms with van der Waals surface area (Å²) in [4.78, 5) is 26.9. The number of carbonyl (C=O) groups is 2. The fraction of sp³-hybridized carbons (Fsp3) is 0.467. The van der Waals surface area contributed by atoms with Crippen molar-refractivity contribution in [1.82, 2.24) is 10.2 Å². The van der Waals surface area contributed by atoms with Gasteiger partial charge in [0.1, 0.15) is 0 Å². The van der Waals surface area contributed by atoms with Gasteiger partial charge in [0.15, 0.2) is 18.2 Å². The Labute approximate surface area is 138 Å².